The second-order valence-electron chi connectivity index (χ2n) is 11.0. The minimum atomic E-state index is -4.35. The number of ketones is 1. The zero-order chi connectivity index (χ0) is 23.8. The van der Waals surface area contributed by atoms with Crippen molar-refractivity contribution in [1.29, 1.82) is 0 Å². The van der Waals surface area contributed by atoms with Crippen LogP contribution in [0.5, 0.6) is 0 Å². The van der Waals surface area contributed by atoms with Crippen LogP contribution in [0.15, 0.2) is 17.0 Å². The molecule has 0 saturated heterocycles. The zero-order valence-electron chi connectivity index (χ0n) is 18.3. The van der Waals surface area contributed by atoms with Gasteiger partial charge in [0.15, 0.2) is 9.84 Å². The Morgan fingerprint density at radius 3 is 2.09 bits per heavy atom. The van der Waals surface area contributed by atoms with E-state index in [1.54, 1.807) is 0 Å². The van der Waals surface area contributed by atoms with Gasteiger partial charge in [-0.2, -0.15) is 0 Å². The number of hydrogen-bond donors (Lipinski definition) is 1. The summed E-state index contributed by atoms with van der Waals surface area (Å²) in [6.45, 7) is 0. The van der Waals surface area contributed by atoms with Crippen LogP contribution in [-0.4, -0.2) is 25.9 Å². The molecule has 2 unspecified atom stereocenters. The van der Waals surface area contributed by atoms with Gasteiger partial charge in [-0.25, -0.2) is 21.6 Å². The second-order valence-corrected chi connectivity index (χ2v) is 13.0. The average Bonchev–Trinajstić information content (AvgIpc) is 3.49. The lowest BCUT2D eigenvalue weighted by Gasteiger charge is -2.59. The Bertz CT molecular complexity index is 1090. The molecule has 5 fully saturated rings. The van der Waals surface area contributed by atoms with Gasteiger partial charge < -0.3 is 5.73 Å². The van der Waals surface area contributed by atoms with E-state index < -0.39 is 48.8 Å². The van der Waals surface area contributed by atoms with Gasteiger partial charge in [0, 0.05) is 29.4 Å². The van der Waals surface area contributed by atoms with Gasteiger partial charge in [0.05, 0.1) is 5.75 Å². The van der Waals surface area contributed by atoms with Crippen molar-refractivity contribution in [3.8, 4) is 0 Å². The number of rotatable bonds is 8. The maximum absolute atomic E-state index is 14.0. The number of sulfone groups is 1. The molecule has 9 heteroatoms. The summed E-state index contributed by atoms with van der Waals surface area (Å²) in [4.78, 5) is 24.3. The number of carbonyl (C=O) groups is 2. The highest BCUT2D eigenvalue weighted by Crippen LogP contribution is 2.63. The third-order valence-electron chi connectivity index (χ3n) is 8.98. The number of hydrogen-bond acceptors (Lipinski definition) is 4. The average molecular weight is 484 g/mol. The Kier molecular flexibility index (Phi) is 5.23. The smallest absolute Gasteiger partial charge is 0.223 e. The molecule has 1 amide bonds. The molecule has 0 heterocycles. The summed E-state index contributed by atoms with van der Waals surface area (Å²) in [5.41, 5.74) is 4.54. The van der Waals surface area contributed by atoms with E-state index in [1.165, 1.54) is 0 Å². The van der Waals surface area contributed by atoms with Gasteiger partial charge in [0.2, 0.25) is 5.91 Å². The Morgan fingerprint density at radius 1 is 1.00 bits per heavy atom. The van der Waals surface area contributed by atoms with Crippen molar-refractivity contribution in [3.63, 3.8) is 0 Å². The standard InChI is InChI=1S/C24H28F3NO4S/c25-16-7-18(26)21(19(27)8-16)33(31,32)4-3-23(1-2-23)20(29)9-17-14-5-13-6-15(17)12-24(10-13,11-14)22(28)30/h7-8,13-15,17H,1-6,9-12H2,(H2,28,30). The van der Waals surface area contributed by atoms with Crippen molar-refractivity contribution in [1.82, 2.24) is 0 Å². The summed E-state index contributed by atoms with van der Waals surface area (Å²) in [6.07, 6.45) is 5.82. The van der Waals surface area contributed by atoms with E-state index in [0.717, 1.165) is 32.1 Å². The molecule has 1 aromatic carbocycles. The number of nitrogens with two attached hydrogens (primary N) is 1. The van der Waals surface area contributed by atoms with Crippen LogP contribution in [0.25, 0.3) is 0 Å². The van der Waals surface area contributed by atoms with E-state index >= 15 is 0 Å². The molecular formula is C24H28F3NO4S. The second kappa shape index (κ2) is 7.55. The van der Waals surface area contributed by atoms with Crippen LogP contribution in [0.1, 0.15) is 57.8 Å². The number of carbonyl (C=O) groups excluding carboxylic acids is 2. The summed E-state index contributed by atoms with van der Waals surface area (Å²) in [6, 6.07) is 0.693. The van der Waals surface area contributed by atoms with Gasteiger partial charge in [-0.15, -0.1) is 0 Å². The van der Waals surface area contributed by atoms with Crippen LogP contribution in [0.3, 0.4) is 0 Å². The van der Waals surface area contributed by atoms with Crippen molar-refractivity contribution >= 4 is 21.5 Å². The van der Waals surface area contributed by atoms with Gasteiger partial charge in [-0.05, 0) is 75.0 Å². The Labute approximate surface area is 191 Å². The molecule has 1 aromatic rings. The lowest BCUT2D eigenvalue weighted by Crippen LogP contribution is -2.56. The van der Waals surface area contributed by atoms with Crippen LogP contribution in [-0.2, 0) is 19.4 Å². The number of Topliss-reactive ketones (excluding diaryl/α,β-unsaturated/α-hetero) is 1. The van der Waals surface area contributed by atoms with Crippen LogP contribution in [0, 0.1) is 52.0 Å². The largest absolute Gasteiger partial charge is 0.369 e. The topological polar surface area (TPSA) is 94.3 Å². The van der Waals surface area contributed by atoms with E-state index in [-0.39, 0.29) is 35.9 Å². The molecule has 33 heavy (non-hydrogen) atoms. The summed E-state index contributed by atoms with van der Waals surface area (Å²) in [5, 5.41) is 0. The molecular weight excluding hydrogens is 455 g/mol. The number of amides is 1. The van der Waals surface area contributed by atoms with Crippen LogP contribution >= 0.6 is 0 Å². The number of benzene rings is 1. The van der Waals surface area contributed by atoms with Gasteiger partial charge >= 0.3 is 0 Å². The SMILES string of the molecule is NC(=O)C12CC3CC(C1)C(CC(=O)C1(CCS(=O)(=O)c4c(F)cc(F)cc4F)CC1)C(C3)C2. The predicted octanol–water partition coefficient (Wildman–Crippen LogP) is 3.93. The van der Waals surface area contributed by atoms with E-state index in [1.807, 2.05) is 0 Å². The molecule has 5 aliphatic carbocycles. The predicted molar refractivity (Wildman–Crippen MR) is 113 cm³/mol. The molecule has 2 N–H and O–H groups in total. The van der Waals surface area contributed by atoms with E-state index in [0.29, 0.717) is 37.3 Å². The van der Waals surface area contributed by atoms with E-state index in [9.17, 15) is 31.2 Å². The summed E-state index contributed by atoms with van der Waals surface area (Å²) in [5.74, 6) is -3.64. The number of primary amides is 1. The van der Waals surface area contributed by atoms with Gasteiger partial charge in [-0.1, -0.05) is 0 Å². The minimum absolute atomic E-state index is 0.000322. The normalized spacial score (nSPS) is 33.8. The molecule has 5 saturated carbocycles. The maximum Gasteiger partial charge on any atom is 0.223 e. The first-order valence-corrected chi connectivity index (χ1v) is 13.3. The third kappa shape index (κ3) is 3.80. The molecule has 5 aliphatic rings. The Hall–Kier alpha value is -1.90. The highest BCUT2D eigenvalue weighted by molar-refractivity contribution is 7.91. The molecule has 2 atom stereocenters. The first-order chi connectivity index (χ1) is 15.4. The quantitative estimate of drug-likeness (QED) is 0.567. The lowest BCUT2D eigenvalue weighted by molar-refractivity contribution is -0.152. The van der Waals surface area contributed by atoms with Gasteiger partial charge in [0.1, 0.15) is 28.1 Å². The van der Waals surface area contributed by atoms with Crippen LogP contribution in [0.4, 0.5) is 13.2 Å². The molecule has 6 rings (SSSR count). The summed E-state index contributed by atoms with van der Waals surface area (Å²) in [7, 11) is -4.35. The van der Waals surface area contributed by atoms with Gasteiger partial charge in [0.25, 0.3) is 0 Å². The van der Waals surface area contributed by atoms with E-state index in [2.05, 4.69) is 0 Å². The Morgan fingerprint density at radius 2 is 1.58 bits per heavy atom. The van der Waals surface area contributed by atoms with Crippen molar-refractivity contribution in [2.75, 3.05) is 5.75 Å². The molecule has 0 spiro atoms. The summed E-state index contributed by atoms with van der Waals surface area (Å²) < 4.78 is 66.4. The molecule has 0 radical (unpaired) electrons. The first kappa shape index (κ1) is 22.9. The molecule has 0 aromatic heterocycles. The monoisotopic (exact) mass is 483 g/mol. The molecule has 4 bridgehead atoms. The van der Waals surface area contributed by atoms with Crippen molar-refractivity contribution in [2.24, 2.45) is 40.2 Å². The third-order valence-corrected chi connectivity index (χ3v) is 10.7. The Balaban J connectivity index is 1.27. The van der Waals surface area contributed by atoms with Crippen molar-refractivity contribution in [3.05, 3.63) is 29.6 Å². The summed E-state index contributed by atoms with van der Waals surface area (Å²) >= 11 is 0. The van der Waals surface area contributed by atoms with Crippen molar-refractivity contribution < 1.29 is 31.2 Å². The highest BCUT2D eigenvalue weighted by atomic mass is 32.2. The lowest BCUT2D eigenvalue weighted by atomic mass is 9.45. The zero-order valence-corrected chi connectivity index (χ0v) is 19.1. The number of halogens is 3. The molecule has 0 aliphatic heterocycles. The van der Waals surface area contributed by atoms with Crippen LogP contribution < -0.4 is 5.73 Å². The molecule has 180 valence electrons. The highest BCUT2D eigenvalue weighted by Gasteiger charge is 2.59. The van der Waals surface area contributed by atoms with Gasteiger partial charge in [-0.3, -0.25) is 9.59 Å². The minimum Gasteiger partial charge on any atom is -0.369 e. The van der Waals surface area contributed by atoms with E-state index in [4.69, 9.17) is 5.73 Å². The van der Waals surface area contributed by atoms with Crippen LogP contribution in [0.2, 0.25) is 0 Å². The maximum atomic E-state index is 14.0. The first-order valence-electron chi connectivity index (χ1n) is 11.7. The fourth-order valence-corrected chi connectivity index (χ4v) is 8.85. The van der Waals surface area contributed by atoms with Crippen molar-refractivity contribution in [2.45, 2.75) is 62.7 Å². The fraction of sp³-hybridized carbons (Fsp3) is 0.667. The molecule has 5 nitrogen and oxygen atoms in total. The fourth-order valence-electron chi connectivity index (χ4n) is 7.27.